The van der Waals surface area contributed by atoms with Crippen LogP contribution < -0.4 is 10.6 Å². The molecule has 1 fully saturated rings. The van der Waals surface area contributed by atoms with Gasteiger partial charge in [-0.1, -0.05) is 6.92 Å². The molecule has 1 saturated heterocycles. The topological polar surface area (TPSA) is 80.1 Å². The summed E-state index contributed by atoms with van der Waals surface area (Å²) in [7, 11) is 0. The minimum Gasteiger partial charge on any atom is -0.364 e. The SMILES string of the molecule is Cc1ccnc(NCC2(C)CCCNC2)c1[N+](=O)[O-]. The molecule has 2 heterocycles. The fourth-order valence-electron chi connectivity index (χ4n) is 2.48. The third kappa shape index (κ3) is 3.20. The van der Waals surface area contributed by atoms with E-state index in [1.54, 1.807) is 19.2 Å². The number of nitrogens with one attached hydrogen (secondary N) is 2. The van der Waals surface area contributed by atoms with E-state index in [1.807, 2.05) is 0 Å². The van der Waals surface area contributed by atoms with E-state index in [0.717, 1.165) is 25.9 Å². The number of nitrogens with zero attached hydrogens (tertiary/aromatic N) is 2. The van der Waals surface area contributed by atoms with Crippen LogP contribution in [0.4, 0.5) is 11.5 Å². The van der Waals surface area contributed by atoms with Crippen LogP contribution in [0.25, 0.3) is 0 Å². The minimum atomic E-state index is -0.369. The predicted octanol–water partition coefficient (Wildman–Crippen LogP) is 2.10. The van der Waals surface area contributed by atoms with Crippen molar-refractivity contribution in [3.63, 3.8) is 0 Å². The molecule has 104 valence electrons. The van der Waals surface area contributed by atoms with Crippen molar-refractivity contribution in [2.75, 3.05) is 25.0 Å². The Kier molecular flexibility index (Phi) is 3.99. The summed E-state index contributed by atoms with van der Waals surface area (Å²) in [5.41, 5.74) is 0.835. The number of nitro groups is 1. The predicted molar refractivity (Wildman–Crippen MR) is 74.3 cm³/mol. The van der Waals surface area contributed by atoms with Gasteiger partial charge in [0.25, 0.3) is 0 Å². The van der Waals surface area contributed by atoms with Crippen molar-refractivity contribution in [2.45, 2.75) is 26.7 Å². The summed E-state index contributed by atoms with van der Waals surface area (Å²) >= 11 is 0. The smallest absolute Gasteiger partial charge is 0.314 e. The third-order valence-electron chi connectivity index (χ3n) is 3.68. The molecule has 0 spiro atoms. The lowest BCUT2D eigenvalue weighted by molar-refractivity contribution is -0.384. The monoisotopic (exact) mass is 264 g/mol. The van der Waals surface area contributed by atoms with Gasteiger partial charge in [0.2, 0.25) is 5.82 Å². The molecular weight excluding hydrogens is 244 g/mol. The maximum absolute atomic E-state index is 11.1. The van der Waals surface area contributed by atoms with Crippen LogP contribution in [-0.2, 0) is 0 Å². The number of rotatable bonds is 4. The Morgan fingerprint density at radius 1 is 1.63 bits per heavy atom. The summed E-state index contributed by atoms with van der Waals surface area (Å²) in [5, 5.41) is 17.6. The zero-order chi connectivity index (χ0) is 13.9. The normalized spacial score (nSPS) is 23.1. The first-order valence-corrected chi connectivity index (χ1v) is 6.56. The number of hydrogen-bond acceptors (Lipinski definition) is 5. The Labute approximate surface area is 112 Å². The van der Waals surface area contributed by atoms with E-state index < -0.39 is 0 Å². The molecule has 19 heavy (non-hydrogen) atoms. The molecule has 0 aliphatic carbocycles. The molecule has 0 bridgehead atoms. The molecule has 1 aliphatic heterocycles. The van der Waals surface area contributed by atoms with Crippen LogP contribution in [0, 0.1) is 22.5 Å². The second-order valence-corrected chi connectivity index (χ2v) is 5.53. The highest BCUT2D eigenvalue weighted by Gasteiger charge is 2.28. The number of hydrogen-bond donors (Lipinski definition) is 2. The van der Waals surface area contributed by atoms with Crippen molar-refractivity contribution in [1.29, 1.82) is 0 Å². The number of pyridine rings is 1. The molecule has 1 aromatic rings. The van der Waals surface area contributed by atoms with E-state index in [2.05, 4.69) is 22.5 Å². The van der Waals surface area contributed by atoms with Crippen LogP contribution >= 0.6 is 0 Å². The van der Waals surface area contributed by atoms with Crippen molar-refractivity contribution in [3.8, 4) is 0 Å². The average Bonchev–Trinajstić information content (AvgIpc) is 2.37. The number of aryl methyl sites for hydroxylation is 1. The average molecular weight is 264 g/mol. The highest BCUT2D eigenvalue weighted by Crippen LogP contribution is 2.29. The fourth-order valence-corrected chi connectivity index (χ4v) is 2.48. The zero-order valence-electron chi connectivity index (χ0n) is 11.4. The second-order valence-electron chi connectivity index (χ2n) is 5.53. The molecule has 1 aromatic heterocycles. The van der Waals surface area contributed by atoms with Crippen molar-refractivity contribution in [2.24, 2.45) is 5.41 Å². The first kappa shape index (κ1) is 13.7. The molecule has 1 atom stereocenters. The lowest BCUT2D eigenvalue weighted by atomic mass is 9.83. The van der Waals surface area contributed by atoms with E-state index in [0.29, 0.717) is 17.9 Å². The Morgan fingerprint density at radius 3 is 3.05 bits per heavy atom. The molecule has 0 amide bonds. The van der Waals surface area contributed by atoms with Gasteiger partial charge in [0.15, 0.2) is 0 Å². The van der Waals surface area contributed by atoms with Gasteiger partial charge in [0.05, 0.1) is 4.92 Å². The number of piperidine rings is 1. The van der Waals surface area contributed by atoms with Gasteiger partial charge in [-0.25, -0.2) is 4.98 Å². The van der Waals surface area contributed by atoms with E-state index in [-0.39, 0.29) is 16.0 Å². The van der Waals surface area contributed by atoms with Gasteiger partial charge in [-0.3, -0.25) is 10.1 Å². The van der Waals surface area contributed by atoms with Crippen molar-refractivity contribution < 1.29 is 4.92 Å². The van der Waals surface area contributed by atoms with Gasteiger partial charge in [0.1, 0.15) is 0 Å². The molecule has 0 aromatic carbocycles. The largest absolute Gasteiger partial charge is 0.364 e. The molecule has 2 rings (SSSR count). The standard InChI is InChI=1S/C13H20N4O2/c1-10-4-7-15-12(11(10)17(18)19)16-9-13(2)5-3-6-14-8-13/h4,7,14H,3,5-6,8-9H2,1-2H3,(H,15,16). The Bertz CT molecular complexity index is 470. The van der Waals surface area contributed by atoms with Crippen LogP contribution in [0.2, 0.25) is 0 Å². The lowest BCUT2D eigenvalue weighted by Gasteiger charge is -2.34. The van der Waals surface area contributed by atoms with Crippen molar-refractivity contribution in [1.82, 2.24) is 10.3 Å². The zero-order valence-corrected chi connectivity index (χ0v) is 11.4. The molecular formula is C13H20N4O2. The van der Waals surface area contributed by atoms with Gasteiger partial charge in [-0.15, -0.1) is 0 Å². The highest BCUT2D eigenvalue weighted by molar-refractivity contribution is 5.59. The Morgan fingerprint density at radius 2 is 2.42 bits per heavy atom. The van der Waals surface area contributed by atoms with E-state index in [4.69, 9.17) is 0 Å². The minimum absolute atomic E-state index is 0.0786. The van der Waals surface area contributed by atoms with Crippen LogP contribution in [-0.4, -0.2) is 29.5 Å². The van der Waals surface area contributed by atoms with E-state index >= 15 is 0 Å². The van der Waals surface area contributed by atoms with Crippen molar-refractivity contribution >= 4 is 11.5 Å². The molecule has 2 N–H and O–H groups in total. The quantitative estimate of drug-likeness (QED) is 0.643. The van der Waals surface area contributed by atoms with Crippen LogP contribution in [0.15, 0.2) is 12.3 Å². The molecule has 1 aliphatic rings. The number of anilines is 1. The van der Waals surface area contributed by atoms with Gasteiger partial charge < -0.3 is 10.6 Å². The van der Waals surface area contributed by atoms with Crippen LogP contribution in [0.5, 0.6) is 0 Å². The summed E-state index contributed by atoms with van der Waals surface area (Å²) in [4.78, 5) is 14.8. The summed E-state index contributed by atoms with van der Waals surface area (Å²) < 4.78 is 0. The number of aromatic nitrogens is 1. The first-order chi connectivity index (χ1) is 9.02. The summed E-state index contributed by atoms with van der Waals surface area (Å²) in [5.74, 6) is 0.372. The Hall–Kier alpha value is -1.69. The Balaban J connectivity index is 2.11. The van der Waals surface area contributed by atoms with E-state index in [9.17, 15) is 10.1 Å². The third-order valence-corrected chi connectivity index (χ3v) is 3.68. The molecule has 6 nitrogen and oxygen atoms in total. The lowest BCUT2D eigenvalue weighted by Crippen LogP contribution is -2.42. The summed E-state index contributed by atoms with van der Waals surface area (Å²) in [6.07, 6.45) is 3.86. The molecule has 0 saturated carbocycles. The van der Waals surface area contributed by atoms with Crippen LogP contribution in [0.1, 0.15) is 25.3 Å². The van der Waals surface area contributed by atoms with Crippen molar-refractivity contribution in [3.05, 3.63) is 27.9 Å². The first-order valence-electron chi connectivity index (χ1n) is 6.56. The fraction of sp³-hybridized carbons (Fsp3) is 0.615. The molecule has 0 radical (unpaired) electrons. The van der Waals surface area contributed by atoms with Crippen LogP contribution in [0.3, 0.4) is 0 Å². The summed E-state index contributed by atoms with van der Waals surface area (Å²) in [6, 6.07) is 1.66. The highest BCUT2D eigenvalue weighted by atomic mass is 16.6. The van der Waals surface area contributed by atoms with Gasteiger partial charge in [-0.05, 0) is 37.8 Å². The second kappa shape index (κ2) is 5.52. The maximum atomic E-state index is 11.1. The molecule has 6 heteroatoms. The van der Waals surface area contributed by atoms with Gasteiger partial charge in [0, 0.05) is 24.8 Å². The molecule has 1 unspecified atom stereocenters. The maximum Gasteiger partial charge on any atom is 0.314 e. The van der Waals surface area contributed by atoms with Gasteiger partial charge in [-0.2, -0.15) is 0 Å². The van der Waals surface area contributed by atoms with Gasteiger partial charge >= 0.3 is 5.69 Å². The summed E-state index contributed by atoms with van der Waals surface area (Å²) in [6.45, 7) is 6.60. The van der Waals surface area contributed by atoms with E-state index in [1.165, 1.54) is 0 Å².